The highest BCUT2D eigenvalue weighted by atomic mass is 35.5. The minimum Gasteiger partial charge on any atom is -0.324 e. The summed E-state index contributed by atoms with van der Waals surface area (Å²) in [6, 6.07) is 11.3. The third kappa shape index (κ3) is 4.40. The molecule has 5 rings (SSSR count). The second-order valence-electron chi connectivity index (χ2n) is 8.89. The van der Waals surface area contributed by atoms with Crippen molar-refractivity contribution in [3.8, 4) is 5.69 Å². The predicted molar refractivity (Wildman–Crippen MR) is 141 cm³/mol. The van der Waals surface area contributed by atoms with Gasteiger partial charge in [0.1, 0.15) is 0 Å². The van der Waals surface area contributed by atoms with Crippen LogP contribution in [0.2, 0.25) is 5.02 Å². The number of anilines is 2. The molecule has 36 heavy (non-hydrogen) atoms. The number of rotatable bonds is 5. The zero-order valence-electron chi connectivity index (χ0n) is 20.3. The van der Waals surface area contributed by atoms with Crippen LogP contribution in [0.25, 0.3) is 16.6 Å². The standard InChI is InChI=1S/C26H24ClN7O2/c1-15-5-6-17(3)18(7-15)14-33-24(29-23-9-19-13-32(4)31-22(19)10-21(23)27)30-25(35)34(26(33)36)20-8-16(2)11-28-12-20/h5-13H,14H2,1-4H3,(H,29,30,35). The zero-order chi connectivity index (χ0) is 25.6. The minimum absolute atomic E-state index is 0.0907. The second kappa shape index (κ2) is 9.09. The molecule has 0 radical (unpaired) electrons. The topological polar surface area (TPSA) is 99.6 Å². The van der Waals surface area contributed by atoms with E-state index in [1.165, 1.54) is 10.8 Å². The molecule has 0 amide bonds. The quantitative estimate of drug-likeness (QED) is 0.390. The molecule has 0 aliphatic rings. The lowest BCUT2D eigenvalue weighted by Crippen LogP contribution is -2.42. The second-order valence-corrected chi connectivity index (χ2v) is 9.30. The first-order chi connectivity index (χ1) is 17.2. The summed E-state index contributed by atoms with van der Waals surface area (Å²) in [7, 11) is 1.82. The summed E-state index contributed by atoms with van der Waals surface area (Å²) >= 11 is 6.53. The summed E-state index contributed by atoms with van der Waals surface area (Å²) in [4.78, 5) is 35.3. The van der Waals surface area contributed by atoms with E-state index in [4.69, 9.17) is 11.6 Å². The normalized spacial score (nSPS) is 11.2. The summed E-state index contributed by atoms with van der Waals surface area (Å²) in [5, 5.41) is 8.73. The van der Waals surface area contributed by atoms with E-state index in [9.17, 15) is 9.59 Å². The Morgan fingerprint density at radius 3 is 2.58 bits per heavy atom. The van der Waals surface area contributed by atoms with Crippen molar-refractivity contribution in [3.63, 3.8) is 0 Å². The fraction of sp³-hybridized carbons (Fsp3) is 0.192. The molecule has 182 valence electrons. The first-order valence-electron chi connectivity index (χ1n) is 11.3. The molecule has 10 heteroatoms. The van der Waals surface area contributed by atoms with Crippen molar-refractivity contribution in [2.75, 3.05) is 5.32 Å². The third-order valence-electron chi connectivity index (χ3n) is 5.98. The van der Waals surface area contributed by atoms with Crippen LogP contribution in [0.3, 0.4) is 0 Å². The summed E-state index contributed by atoms with van der Waals surface area (Å²) in [6.45, 7) is 6.02. The highest BCUT2D eigenvalue weighted by molar-refractivity contribution is 6.34. The van der Waals surface area contributed by atoms with Crippen LogP contribution >= 0.6 is 11.6 Å². The number of halogens is 1. The van der Waals surface area contributed by atoms with Gasteiger partial charge in [-0.2, -0.15) is 10.1 Å². The molecular formula is C26H24ClN7O2. The fourth-order valence-electron chi connectivity index (χ4n) is 4.14. The largest absolute Gasteiger partial charge is 0.359 e. The van der Waals surface area contributed by atoms with Crippen molar-refractivity contribution < 1.29 is 0 Å². The molecule has 0 aliphatic heterocycles. The number of fused-ring (bicyclic) bond motifs is 1. The van der Waals surface area contributed by atoms with Crippen LogP contribution in [0, 0.1) is 20.8 Å². The average Bonchev–Trinajstić information content (AvgIpc) is 3.17. The molecule has 0 atom stereocenters. The van der Waals surface area contributed by atoms with Crippen molar-refractivity contribution in [1.82, 2.24) is 28.9 Å². The van der Waals surface area contributed by atoms with Crippen LogP contribution in [0.1, 0.15) is 22.3 Å². The van der Waals surface area contributed by atoms with Crippen molar-refractivity contribution >= 4 is 34.1 Å². The Morgan fingerprint density at radius 1 is 1.00 bits per heavy atom. The number of hydrogen-bond donors (Lipinski definition) is 1. The Balaban J connectivity index is 1.70. The Morgan fingerprint density at radius 2 is 1.81 bits per heavy atom. The van der Waals surface area contributed by atoms with Crippen molar-refractivity contribution in [2.24, 2.45) is 7.05 Å². The average molecular weight is 502 g/mol. The fourth-order valence-corrected chi connectivity index (χ4v) is 4.35. The number of hydrogen-bond acceptors (Lipinski definition) is 6. The van der Waals surface area contributed by atoms with E-state index in [-0.39, 0.29) is 12.5 Å². The summed E-state index contributed by atoms with van der Waals surface area (Å²) in [6.07, 6.45) is 4.99. The number of nitrogens with zero attached hydrogens (tertiary/aromatic N) is 6. The summed E-state index contributed by atoms with van der Waals surface area (Å²) < 4.78 is 4.16. The van der Waals surface area contributed by atoms with Crippen molar-refractivity contribution in [1.29, 1.82) is 0 Å². The van der Waals surface area contributed by atoms with Gasteiger partial charge in [0, 0.05) is 24.8 Å². The molecule has 0 aliphatic carbocycles. The Labute approximate surface area is 211 Å². The van der Waals surface area contributed by atoms with Gasteiger partial charge in [0.15, 0.2) is 0 Å². The molecule has 0 unspecified atom stereocenters. The van der Waals surface area contributed by atoms with Gasteiger partial charge in [0.05, 0.1) is 34.7 Å². The molecule has 3 heterocycles. The zero-order valence-corrected chi connectivity index (χ0v) is 21.0. The molecule has 0 bridgehead atoms. The van der Waals surface area contributed by atoms with E-state index in [0.29, 0.717) is 16.4 Å². The minimum atomic E-state index is -0.717. The van der Waals surface area contributed by atoms with Crippen LogP contribution in [-0.2, 0) is 13.6 Å². The summed E-state index contributed by atoms with van der Waals surface area (Å²) in [5.41, 5.74) is 4.17. The van der Waals surface area contributed by atoms with Gasteiger partial charge in [-0.05, 0) is 55.7 Å². The molecule has 0 fully saturated rings. The monoisotopic (exact) mass is 501 g/mol. The smallest absolute Gasteiger partial charge is 0.324 e. The number of aryl methyl sites for hydroxylation is 4. The van der Waals surface area contributed by atoms with Crippen LogP contribution in [0.4, 0.5) is 11.6 Å². The maximum Gasteiger partial charge on any atom is 0.359 e. The molecule has 1 N–H and O–H groups in total. The maximum atomic E-state index is 13.8. The van der Waals surface area contributed by atoms with E-state index in [0.717, 1.165) is 37.7 Å². The molecule has 3 aromatic heterocycles. The highest BCUT2D eigenvalue weighted by Crippen LogP contribution is 2.29. The Bertz CT molecular complexity index is 1750. The van der Waals surface area contributed by atoms with Gasteiger partial charge < -0.3 is 5.32 Å². The Hall–Kier alpha value is -4.24. The number of nitrogens with one attached hydrogen (secondary N) is 1. The molecule has 0 spiro atoms. The maximum absolute atomic E-state index is 13.8. The van der Waals surface area contributed by atoms with E-state index in [2.05, 4.69) is 20.4 Å². The molecular weight excluding hydrogens is 478 g/mol. The van der Waals surface area contributed by atoms with E-state index < -0.39 is 11.4 Å². The first-order valence-corrected chi connectivity index (χ1v) is 11.7. The number of benzene rings is 2. The van der Waals surface area contributed by atoms with Crippen molar-refractivity contribution in [2.45, 2.75) is 27.3 Å². The Kier molecular flexibility index (Phi) is 5.93. The van der Waals surface area contributed by atoms with Crippen LogP contribution in [-0.4, -0.2) is 28.9 Å². The van der Waals surface area contributed by atoms with E-state index >= 15 is 0 Å². The predicted octanol–water partition coefficient (Wildman–Crippen LogP) is 4.05. The summed E-state index contributed by atoms with van der Waals surface area (Å²) in [5.74, 6) is 0.0907. The lowest BCUT2D eigenvalue weighted by Gasteiger charge is -2.17. The van der Waals surface area contributed by atoms with Gasteiger partial charge >= 0.3 is 11.4 Å². The molecule has 0 saturated carbocycles. The molecule has 5 aromatic rings. The van der Waals surface area contributed by atoms with Gasteiger partial charge in [-0.3, -0.25) is 14.2 Å². The lowest BCUT2D eigenvalue weighted by atomic mass is 10.1. The van der Waals surface area contributed by atoms with Crippen molar-refractivity contribution in [3.05, 3.63) is 103 Å². The first kappa shape index (κ1) is 23.5. The van der Waals surface area contributed by atoms with Crippen LogP contribution in [0.5, 0.6) is 0 Å². The molecule has 2 aromatic carbocycles. The number of pyridine rings is 1. The van der Waals surface area contributed by atoms with Gasteiger partial charge in [0.2, 0.25) is 5.95 Å². The van der Waals surface area contributed by atoms with Gasteiger partial charge in [0.25, 0.3) is 0 Å². The third-order valence-corrected chi connectivity index (χ3v) is 6.29. The lowest BCUT2D eigenvalue weighted by molar-refractivity contribution is 0.655. The highest BCUT2D eigenvalue weighted by Gasteiger charge is 2.18. The van der Waals surface area contributed by atoms with Gasteiger partial charge in [-0.1, -0.05) is 35.4 Å². The van der Waals surface area contributed by atoms with Crippen LogP contribution < -0.4 is 16.7 Å². The SMILES string of the molecule is Cc1cncc(-n2c(=O)nc(Nc3cc4cn(C)nc4cc3Cl)n(Cc3cc(C)ccc3C)c2=O)c1. The molecule has 9 nitrogen and oxygen atoms in total. The van der Waals surface area contributed by atoms with Gasteiger partial charge in [-0.15, -0.1) is 0 Å². The van der Waals surface area contributed by atoms with Gasteiger partial charge in [-0.25, -0.2) is 14.2 Å². The molecule has 0 saturated heterocycles. The van der Waals surface area contributed by atoms with Crippen LogP contribution in [0.15, 0.2) is 64.6 Å². The van der Waals surface area contributed by atoms with E-state index in [1.807, 2.05) is 58.3 Å². The number of aromatic nitrogens is 6. The van der Waals surface area contributed by atoms with E-state index in [1.54, 1.807) is 23.0 Å².